The van der Waals surface area contributed by atoms with E-state index in [0.717, 1.165) is 49.6 Å². The molecule has 2 aromatic heterocycles. The Morgan fingerprint density at radius 1 is 0.197 bits per heavy atom. The van der Waals surface area contributed by atoms with Crippen molar-refractivity contribution in [1.82, 2.24) is 9.97 Å². The first-order valence-corrected chi connectivity index (χ1v) is 22.7. The second-order valence-electron chi connectivity index (χ2n) is 17.6. The lowest BCUT2D eigenvalue weighted by molar-refractivity contribution is 1.43. The van der Waals surface area contributed by atoms with Crippen LogP contribution in [0.4, 0.5) is 0 Å². The summed E-state index contributed by atoms with van der Waals surface area (Å²) in [4.78, 5) is 9.87. The van der Waals surface area contributed by atoms with Gasteiger partial charge in [0.15, 0.2) is 0 Å². The molecule has 1 aliphatic carbocycles. The third-order valence-electron chi connectivity index (χ3n) is 14.1. The summed E-state index contributed by atoms with van der Waals surface area (Å²) in [6.45, 7) is 0. The van der Waals surface area contributed by atoms with E-state index in [-0.39, 0.29) is 0 Å². The SMILES string of the molecule is c1ccc2c(c1)-c1ccccc1-c1cccc(-c3cc(-c4ccc5c6ccccc6c6ncccc6c5c4)cc(-c4ccc5c6ccccc6c6ncccc6c5c4)c3)c1-c1ccccc1-2. The molecule has 1 aliphatic rings. The van der Waals surface area contributed by atoms with Crippen molar-refractivity contribution in [2.45, 2.75) is 0 Å². The van der Waals surface area contributed by atoms with Crippen LogP contribution in [-0.4, -0.2) is 9.97 Å². The topological polar surface area (TPSA) is 25.8 Å². The molecular weight excluding hydrogens is 797 g/mol. The molecule has 0 unspecified atom stereocenters. The molecule has 0 N–H and O–H groups in total. The fourth-order valence-electron chi connectivity index (χ4n) is 11.2. The maximum atomic E-state index is 4.93. The van der Waals surface area contributed by atoms with E-state index >= 15 is 0 Å². The highest BCUT2D eigenvalue weighted by molar-refractivity contribution is 6.26. The van der Waals surface area contributed by atoms with E-state index in [0.29, 0.717) is 0 Å². The zero-order chi connectivity index (χ0) is 43.3. The molecule has 0 radical (unpaired) electrons. The second kappa shape index (κ2) is 14.4. The number of rotatable bonds is 3. The minimum Gasteiger partial charge on any atom is -0.256 e. The highest BCUT2D eigenvalue weighted by atomic mass is 14.7. The standard InChI is InChI=1S/C64H38N2/c1-2-15-46-45(14-1)47-16-3-4-17-49(47)55-25-11-24-44(62(55)54-21-8-5-18-48(46)54)43-35-41(39-28-30-52-50-19-6-9-22-56(50)63-58(60(52)37-39)26-12-32-65-63)34-42(36-43)40-29-31-53-51-20-7-10-23-57(51)64-59(61(53)38-40)27-13-33-66-64/h1-38H. The normalized spacial score (nSPS) is 11.9. The Labute approximate surface area is 381 Å². The summed E-state index contributed by atoms with van der Waals surface area (Å²) in [5.74, 6) is 0. The molecule has 13 aromatic rings. The number of hydrogen-bond donors (Lipinski definition) is 0. The number of hydrogen-bond acceptors (Lipinski definition) is 2. The zero-order valence-electron chi connectivity index (χ0n) is 35.8. The van der Waals surface area contributed by atoms with Crippen molar-refractivity contribution >= 4 is 64.9 Å². The Bertz CT molecular complexity index is 3930. The molecule has 0 aliphatic heterocycles. The van der Waals surface area contributed by atoms with E-state index < -0.39 is 0 Å². The summed E-state index contributed by atoms with van der Waals surface area (Å²) in [6, 6.07) is 80.8. The highest BCUT2D eigenvalue weighted by Gasteiger charge is 2.25. The first-order valence-electron chi connectivity index (χ1n) is 22.7. The summed E-state index contributed by atoms with van der Waals surface area (Å²) >= 11 is 0. The third kappa shape index (κ3) is 5.49. The van der Waals surface area contributed by atoms with Crippen LogP contribution in [0.5, 0.6) is 0 Å². The summed E-state index contributed by atoms with van der Waals surface area (Å²) in [6.07, 6.45) is 3.82. The zero-order valence-corrected chi connectivity index (χ0v) is 35.8. The van der Waals surface area contributed by atoms with Gasteiger partial charge in [-0.3, -0.25) is 9.97 Å². The van der Waals surface area contributed by atoms with Gasteiger partial charge in [-0.25, -0.2) is 0 Å². The van der Waals surface area contributed by atoms with Crippen LogP contribution >= 0.6 is 0 Å². The Morgan fingerprint density at radius 2 is 0.545 bits per heavy atom. The van der Waals surface area contributed by atoms with Crippen molar-refractivity contribution in [3.05, 3.63) is 231 Å². The van der Waals surface area contributed by atoms with Gasteiger partial charge in [-0.2, -0.15) is 0 Å². The van der Waals surface area contributed by atoms with E-state index in [1.165, 1.54) is 93.2 Å². The van der Waals surface area contributed by atoms with Gasteiger partial charge >= 0.3 is 0 Å². The number of benzene rings is 11. The number of aromatic nitrogens is 2. The number of nitrogens with zero attached hydrogens (tertiary/aromatic N) is 2. The van der Waals surface area contributed by atoms with Crippen LogP contribution in [0.25, 0.3) is 143 Å². The van der Waals surface area contributed by atoms with E-state index in [1.54, 1.807) is 0 Å². The summed E-state index contributed by atoms with van der Waals surface area (Å²) < 4.78 is 0. The molecule has 2 heterocycles. The molecule has 2 nitrogen and oxygen atoms in total. The van der Waals surface area contributed by atoms with Gasteiger partial charge < -0.3 is 0 Å². The lowest BCUT2D eigenvalue weighted by Gasteiger charge is -2.25. The molecule has 0 bridgehead atoms. The van der Waals surface area contributed by atoms with Crippen LogP contribution in [0.2, 0.25) is 0 Å². The lowest BCUT2D eigenvalue weighted by atomic mass is 9.78. The van der Waals surface area contributed by atoms with Gasteiger partial charge in [0, 0.05) is 33.9 Å². The molecule has 0 amide bonds. The summed E-state index contributed by atoms with van der Waals surface area (Å²) in [5, 5.41) is 12.0. The van der Waals surface area contributed by atoms with Gasteiger partial charge in [-0.15, -0.1) is 0 Å². The first kappa shape index (κ1) is 36.7. The highest BCUT2D eigenvalue weighted by Crippen LogP contribution is 2.51. The fourth-order valence-corrected chi connectivity index (χ4v) is 11.2. The van der Waals surface area contributed by atoms with E-state index in [4.69, 9.17) is 9.97 Å². The largest absolute Gasteiger partial charge is 0.256 e. The van der Waals surface area contributed by atoms with E-state index in [9.17, 15) is 0 Å². The van der Waals surface area contributed by atoms with Crippen molar-refractivity contribution in [3.63, 3.8) is 0 Å². The summed E-state index contributed by atoms with van der Waals surface area (Å²) in [5.41, 5.74) is 18.9. The van der Waals surface area contributed by atoms with Crippen LogP contribution in [0.3, 0.4) is 0 Å². The number of fused-ring (bicyclic) bond motifs is 20. The minimum atomic E-state index is 1.03. The predicted molar refractivity (Wildman–Crippen MR) is 279 cm³/mol. The smallest absolute Gasteiger partial charge is 0.0786 e. The van der Waals surface area contributed by atoms with E-state index in [1.807, 2.05) is 12.4 Å². The Morgan fingerprint density at radius 3 is 1.06 bits per heavy atom. The first-order chi connectivity index (χ1) is 32.7. The molecule has 0 fully saturated rings. The maximum absolute atomic E-state index is 4.93. The predicted octanol–water partition coefficient (Wildman–Crippen LogP) is 17.4. The van der Waals surface area contributed by atoms with Crippen LogP contribution in [0, 0.1) is 0 Å². The molecule has 0 spiro atoms. The molecule has 0 atom stereocenters. The molecule has 66 heavy (non-hydrogen) atoms. The van der Waals surface area contributed by atoms with Crippen molar-refractivity contribution in [2.75, 3.05) is 0 Å². The van der Waals surface area contributed by atoms with Gasteiger partial charge in [-0.05, 0) is 153 Å². The Hall–Kier alpha value is -8.72. The molecule has 14 rings (SSSR count). The van der Waals surface area contributed by atoms with Gasteiger partial charge in [0.05, 0.1) is 11.0 Å². The van der Waals surface area contributed by atoms with E-state index in [2.05, 4.69) is 218 Å². The molecule has 0 saturated heterocycles. The Kier molecular flexibility index (Phi) is 8.02. The molecular formula is C64H38N2. The second-order valence-corrected chi connectivity index (χ2v) is 17.6. The molecule has 11 aromatic carbocycles. The fraction of sp³-hybridized carbons (Fsp3) is 0. The van der Waals surface area contributed by atoms with Crippen molar-refractivity contribution in [3.8, 4) is 77.9 Å². The van der Waals surface area contributed by atoms with Crippen molar-refractivity contribution in [1.29, 1.82) is 0 Å². The average molecular weight is 835 g/mol. The monoisotopic (exact) mass is 834 g/mol. The lowest BCUT2D eigenvalue weighted by Crippen LogP contribution is -1.99. The number of pyridine rings is 2. The van der Waals surface area contributed by atoms with Crippen molar-refractivity contribution in [2.24, 2.45) is 0 Å². The quantitative estimate of drug-likeness (QED) is 0.166. The average Bonchev–Trinajstić information content (AvgIpc) is 3.40. The van der Waals surface area contributed by atoms with Gasteiger partial charge in [0.25, 0.3) is 0 Å². The van der Waals surface area contributed by atoms with Crippen LogP contribution in [0.1, 0.15) is 0 Å². The minimum absolute atomic E-state index is 1.03. The van der Waals surface area contributed by atoms with Crippen LogP contribution < -0.4 is 0 Å². The third-order valence-corrected chi connectivity index (χ3v) is 14.1. The molecule has 304 valence electrons. The molecule has 2 heteroatoms. The van der Waals surface area contributed by atoms with Crippen LogP contribution in [-0.2, 0) is 0 Å². The maximum Gasteiger partial charge on any atom is 0.0786 e. The Balaban J connectivity index is 1.07. The van der Waals surface area contributed by atoms with Gasteiger partial charge in [0.1, 0.15) is 0 Å². The van der Waals surface area contributed by atoms with Gasteiger partial charge in [0.2, 0.25) is 0 Å². The van der Waals surface area contributed by atoms with Gasteiger partial charge in [-0.1, -0.05) is 176 Å². The summed E-state index contributed by atoms with van der Waals surface area (Å²) in [7, 11) is 0. The van der Waals surface area contributed by atoms with Crippen LogP contribution in [0.15, 0.2) is 231 Å². The van der Waals surface area contributed by atoms with Crippen molar-refractivity contribution < 1.29 is 0 Å². The molecule has 0 saturated carbocycles.